The molecule has 3 rings (SSSR count). The summed E-state index contributed by atoms with van der Waals surface area (Å²) in [6.07, 6.45) is 5.39. The van der Waals surface area contributed by atoms with Gasteiger partial charge in [-0.15, -0.1) is 6.58 Å². The quantitative estimate of drug-likeness (QED) is 0.799. The second kappa shape index (κ2) is 6.44. The number of amides is 1. The Morgan fingerprint density at radius 1 is 1.33 bits per heavy atom. The van der Waals surface area contributed by atoms with Crippen LogP contribution in [0.1, 0.15) is 30.7 Å². The summed E-state index contributed by atoms with van der Waals surface area (Å²) < 4.78 is 5.82. The minimum atomic E-state index is -0.229. The average Bonchev–Trinajstić information content (AvgIpc) is 2.56. The van der Waals surface area contributed by atoms with Crippen LogP contribution in [0.15, 0.2) is 43.0 Å². The third kappa shape index (κ3) is 3.03. The predicted molar refractivity (Wildman–Crippen MR) is 83.0 cm³/mol. The van der Waals surface area contributed by atoms with Crippen molar-refractivity contribution >= 4 is 5.91 Å². The molecule has 3 heteroatoms. The fraction of sp³-hybridized carbons (Fsp3) is 0.500. The summed E-state index contributed by atoms with van der Waals surface area (Å²) in [5.41, 5.74) is 1.03. The van der Waals surface area contributed by atoms with E-state index in [1.54, 1.807) is 6.08 Å². The topological polar surface area (TPSA) is 29.5 Å². The molecule has 0 N–H and O–H groups in total. The van der Waals surface area contributed by atoms with Gasteiger partial charge in [-0.3, -0.25) is 4.79 Å². The highest BCUT2D eigenvalue weighted by Gasteiger charge is 2.35. The van der Waals surface area contributed by atoms with E-state index >= 15 is 0 Å². The molecule has 0 spiro atoms. The maximum absolute atomic E-state index is 12.8. The third-order valence-electron chi connectivity index (χ3n) is 4.69. The molecule has 0 aromatic heterocycles. The molecule has 1 aromatic rings. The summed E-state index contributed by atoms with van der Waals surface area (Å²) in [6.45, 7) is 6.38. The van der Waals surface area contributed by atoms with Crippen LogP contribution in [0.25, 0.3) is 0 Å². The van der Waals surface area contributed by atoms with E-state index in [1.165, 1.54) is 6.42 Å². The molecule has 21 heavy (non-hydrogen) atoms. The van der Waals surface area contributed by atoms with E-state index in [0.29, 0.717) is 12.0 Å². The monoisotopic (exact) mass is 285 g/mol. The van der Waals surface area contributed by atoms with Gasteiger partial charge in [0.1, 0.15) is 0 Å². The van der Waals surface area contributed by atoms with Crippen molar-refractivity contribution in [1.82, 2.24) is 4.90 Å². The highest BCUT2D eigenvalue weighted by Crippen LogP contribution is 2.30. The summed E-state index contributed by atoms with van der Waals surface area (Å²) in [5, 5.41) is 0. The van der Waals surface area contributed by atoms with Crippen LogP contribution in [0.3, 0.4) is 0 Å². The lowest BCUT2D eigenvalue weighted by Crippen LogP contribution is -2.49. The van der Waals surface area contributed by atoms with Crippen LogP contribution in [0.4, 0.5) is 0 Å². The molecule has 112 valence electrons. The lowest BCUT2D eigenvalue weighted by atomic mass is 9.87. The van der Waals surface area contributed by atoms with Gasteiger partial charge < -0.3 is 9.64 Å². The summed E-state index contributed by atoms with van der Waals surface area (Å²) in [7, 11) is 0. The zero-order valence-electron chi connectivity index (χ0n) is 12.4. The van der Waals surface area contributed by atoms with Gasteiger partial charge in [0.15, 0.2) is 0 Å². The van der Waals surface area contributed by atoms with Crippen LogP contribution in [0.5, 0.6) is 0 Å². The molecule has 0 bridgehead atoms. The van der Waals surface area contributed by atoms with Crippen molar-refractivity contribution in [2.24, 2.45) is 5.92 Å². The Bertz CT molecular complexity index is 499. The van der Waals surface area contributed by atoms with Crippen molar-refractivity contribution in [3.05, 3.63) is 48.6 Å². The first-order chi connectivity index (χ1) is 10.3. The van der Waals surface area contributed by atoms with Gasteiger partial charge in [-0.25, -0.2) is 0 Å². The zero-order valence-corrected chi connectivity index (χ0v) is 12.4. The van der Waals surface area contributed by atoms with Gasteiger partial charge >= 0.3 is 0 Å². The SMILES string of the molecule is C=CC(C(=O)N1CCC2OCCCC2C1)c1ccccc1. The van der Waals surface area contributed by atoms with Crippen molar-refractivity contribution in [3.63, 3.8) is 0 Å². The maximum Gasteiger partial charge on any atom is 0.233 e. The molecule has 1 aromatic carbocycles. The second-order valence-electron chi connectivity index (χ2n) is 6.01. The van der Waals surface area contributed by atoms with Crippen LogP contribution in [0, 0.1) is 5.92 Å². The lowest BCUT2D eigenvalue weighted by molar-refractivity contribution is -0.139. The molecule has 0 saturated carbocycles. The molecule has 3 nitrogen and oxygen atoms in total. The molecule has 2 fully saturated rings. The molecule has 2 saturated heterocycles. The van der Waals surface area contributed by atoms with Gasteiger partial charge in [-0.1, -0.05) is 36.4 Å². The number of carbonyl (C=O) groups excluding carboxylic acids is 1. The van der Waals surface area contributed by atoms with Gasteiger partial charge in [0.25, 0.3) is 0 Å². The summed E-state index contributed by atoms with van der Waals surface area (Å²) in [5.74, 6) is 0.463. The van der Waals surface area contributed by atoms with Crippen LogP contribution in [-0.4, -0.2) is 36.6 Å². The summed E-state index contributed by atoms with van der Waals surface area (Å²) >= 11 is 0. The van der Waals surface area contributed by atoms with E-state index in [0.717, 1.165) is 38.1 Å². The Hall–Kier alpha value is -1.61. The molecule has 2 aliphatic heterocycles. The number of nitrogens with zero attached hydrogens (tertiary/aromatic N) is 1. The van der Waals surface area contributed by atoms with Crippen LogP contribution < -0.4 is 0 Å². The molecule has 2 heterocycles. The number of hydrogen-bond acceptors (Lipinski definition) is 2. The van der Waals surface area contributed by atoms with E-state index in [-0.39, 0.29) is 11.8 Å². The highest BCUT2D eigenvalue weighted by atomic mass is 16.5. The molecule has 3 unspecified atom stereocenters. The zero-order chi connectivity index (χ0) is 14.7. The molecule has 3 atom stereocenters. The van der Waals surface area contributed by atoms with Crippen LogP contribution in [0.2, 0.25) is 0 Å². The van der Waals surface area contributed by atoms with E-state index in [9.17, 15) is 4.79 Å². The average molecular weight is 285 g/mol. The summed E-state index contributed by atoms with van der Waals surface area (Å²) in [4.78, 5) is 14.8. The Morgan fingerprint density at radius 3 is 2.90 bits per heavy atom. The van der Waals surface area contributed by atoms with Crippen LogP contribution in [-0.2, 0) is 9.53 Å². The molecule has 2 aliphatic rings. The number of fused-ring (bicyclic) bond motifs is 1. The molecular weight excluding hydrogens is 262 g/mol. The number of likely N-dealkylation sites (tertiary alicyclic amines) is 1. The summed E-state index contributed by atoms with van der Waals surface area (Å²) in [6, 6.07) is 9.92. The minimum absolute atomic E-state index is 0.181. The Kier molecular flexibility index (Phi) is 4.39. The van der Waals surface area contributed by atoms with E-state index in [1.807, 2.05) is 35.2 Å². The second-order valence-corrected chi connectivity index (χ2v) is 6.01. The number of benzene rings is 1. The smallest absolute Gasteiger partial charge is 0.233 e. The normalized spacial score (nSPS) is 26.8. The Balaban J connectivity index is 1.71. The van der Waals surface area contributed by atoms with Crippen molar-refractivity contribution in [3.8, 4) is 0 Å². The first-order valence-electron chi connectivity index (χ1n) is 7.87. The number of piperidine rings is 1. The van der Waals surface area contributed by atoms with Crippen molar-refractivity contribution < 1.29 is 9.53 Å². The fourth-order valence-electron chi connectivity index (χ4n) is 3.52. The predicted octanol–water partition coefficient (Wildman–Crippen LogP) is 2.98. The molecule has 0 radical (unpaired) electrons. The molecular formula is C18H23NO2. The third-order valence-corrected chi connectivity index (χ3v) is 4.69. The van der Waals surface area contributed by atoms with Gasteiger partial charge in [0.2, 0.25) is 5.91 Å². The molecule has 1 amide bonds. The van der Waals surface area contributed by atoms with Gasteiger partial charge in [0.05, 0.1) is 12.0 Å². The van der Waals surface area contributed by atoms with Gasteiger partial charge in [-0.05, 0) is 24.8 Å². The van der Waals surface area contributed by atoms with Gasteiger partial charge in [0, 0.05) is 25.6 Å². The largest absolute Gasteiger partial charge is 0.378 e. The standard InChI is InChI=1S/C18H23NO2/c1-2-16(14-7-4-3-5-8-14)18(20)19-11-10-17-15(13-19)9-6-12-21-17/h2-5,7-8,15-17H,1,6,9-13H2. The fourth-order valence-corrected chi connectivity index (χ4v) is 3.52. The van der Waals surface area contributed by atoms with Crippen molar-refractivity contribution in [2.75, 3.05) is 19.7 Å². The molecule has 0 aliphatic carbocycles. The number of hydrogen-bond donors (Lipinski definition) is 0. The van der Waals surface area contributed by atoms with E-state index in [2.05, 4.69) is 6.58 Å². The maximum atomic E-state index is 12.8. The Labute approximate surface area is 126 Å². The minimum Gasteiger partial charge on any atom is -0.378 e. The van der Waals surface area contributed by atoms with Crippen LogP contribution >= 0.6 is 0 Å². The first-order valence-corrected chi connectivity index (χ1v) is 7.87. The van der Waals surface area contributed by atoms with Gasteiger partial charge in [-0.2, -0.15) is 0 Å². The van der Waals surface area contributed by atoms with Crippen molar-refractivity contribution in [2.45, 2.75) is 31.3 Å². The lowest BCUT2D eigenvalue weighted by Gasteiger charge is -2.41. The van der Waals surface area contributed by atoms with Crippen molar-refractivity contribution in [1.29, 1.82) is 0 Å². The van der Waals surface area contributed by atoms with E-state index in [4.69, 9.17) is 4.74 Å². The van der Waals surface area contributed by atoms with E-state index < -0.39 is 0 Å². The number of ether oxygens (including phenoxy) is 1. The number of rotatable bonds is 3. The Morgan fingerprint density at radius 2 is 2.14 bits per heavy atom. The number of carbonyl (C=O) groups is 1. The highest BCUT2D eigenvalue weighted by molar-refractivity contribution is 5.85. The first kappa shape index (κ1) is 14.3.